The van der Waals surface area contributed by atoms with Crippen molar-refractivity contribution in [1.29, 1.82) is 5.26 Å². The van der Waals surface area contributed by atoms with Crippen molar-refractivity contribution in [2.24, 2.45) is 0 Å². The second kappa shape index (κ2) is 16.0. The lowest BCUT2D eigenvalue weighted by Gasteiger charge is -2.42. The van der Waals surface area contributed by atoms with Crippen LogP contribution in [0.25, 0.3) is 22.2 Å². The maximum Gasteiger partial charge on any atom is 0.419 e. The number of halogens is 6. The van der Waals surface area contributed by atoms with Crippen LogP contribution in [0.3, 0.4) is 0 Å². The Kier molecular flexibility index (Phi) is 11.2. The topological polar surface area (TPSA) is 117 Å². The summed E-state index contributed by atoms with van der Waals surface area (Å²) in [6, 6.07) is 17.1. The van der Waals surface area contributed by atoms with Crippen molar-refractivity contribution < 1.29 is 41.0 Å². The molecule has 4 heterocycles. The zero-order valence-electron chi connectivity index (χ0n) is 32.7. The summed E-state index contributed by atoms with van der Waals surface area (Å²) in [7, 11) is 3.03. The van der Waals surface area contributed by atoms with Crippen molar-refractivity contribution in [3.63, 3.8) is 0 Å². The van der Waals surface area contributed by atoms with Crippen molar-refractivity contribution in [1.82, 2.24) is 19.9 Å². The SMILES string of the molecule is COc1ccc(CN(Cc2ccc(OC)cc2)c2cc(C#N)c(C(F)(F)F)c(-c3c(Cl)cc4c(N5CC6CCC(C5)N6C(=O)OC(C)(C)C)nc(F)nc4c3F)n2)cc1. The summed E-state index contributed by atoms with van der Waals surface area (Å²) >= 11 is 6.75. The third-order valence-electron chi connectivity index (χ3n) is 10.3. The Balaban J connectivity index is 1.35. The fraction of sp³-hybridized carbons (Fsp3) is 0.357. The molecule has 0 radical (unpaired) electrons. The number of fused-ring (bicyclic) bond motifs is 3. The molecule has 0 spiro atoms. The fourth-order valence-corrected chi connectivity index (χ4v) is 7.95. The van der Waals surface area contributed by atoms with Gasteiger partial charge in [-0.3, -0.25) is 4.90 Å². The monoisotopic (exact) mass is 835 g/mol. The average Bonchev–Trinajstić information content (AvgIpc) is 3.46. The van der Waals surface area contributed by atoms with Crippen molar-refractivity contribution >= 4 is 40.2 Å². The normalized spacial score (nSPS) is 16.6. The highest BCUT2D eigenvalue weighted by Gasteiger charge is 2.45. The Morgan fingerprint density at radius 1 is 0.898 bits per heavy atom. The summed E-state index contributed by atoms with van der Waals surface area (Å²) in [6.45, 7) is 5.85. The zero-order valence-corrected chi connectivity index (χ0v) is 33.5. The van der Waals surface area contributed by atoms with Gasteiger partial charge in [0.1, 0.15) is 34.3 Å². The molecule has 2 aliphatic heterocycles. The molecular weight excluding hydrogens is 797 g/mol. The number of alkyl halides is 3. The van der Waals surface area contributed by atoms with Crippen LogP contribution < -0.4 is 19.3 Å². The molecule has 1 amide bonds. The number of nitriles is 1. The number of anilines is 2. The van der Waals surface area contributed by atoms with Crippen LogP contribution in [0.4, 0.5) is 38.4 Å². The van der Waals surface area contributed by atoms with E-state index < -0.39 is 62.7 Å². The number of hydrogen-bond donors (Lipinski definition) is 0. The summed E-state index contributed by atoms with van der Waals surface area (Å²) in [5.74, 6) is -0.364. The Morgan fingerprint density at radius 3 is 1.95 bits per heavy atom. The van der Waals surface area contributed by atoms with Crippen molar-refractivity contribution in [2.45, 2.75) is 70.6 Å². The summed E-state index contributed by atoms with van der Waals surface area (Å²) < 4.78 is 93.7. The van der Waals surface area contributed by atoms with Crippen LogP contribution >= 0.6 is 11.6 Å². The van der Waals surface area contributed by atoms with Gasteiger partial charge < -0.3 is 24.0 Å². The largest absolute Gasteiger partial charge is 0.497 e. The number of benzene rings is 3. The number of carbonyl (C=O) groups excluding carboxylic acids is 1. The molecule has 11 nitrogen and oxygen atoms in total. The molecular formula is C42H39ClF5N7O4. The molecule has 2 saturated heterocycles. The van der Waals surface area contributed by atoms with Gasteiger partial charge in [-0.15, -0.1) is 0 Å². The predicted molar refractivity (Wildman–Crippen MR) is 210 cm³/mol. The van der Waals surface area contributed by atoms with E-state index in [1.807, 2.05) is 0 Å². The molecule has 2 bridgehead atoms. The quantitative estimate of drug-likeness (QED) is 0.105. The Labute approximate surface area is 341 Å². The molecule has 7 rings (SSSR count). The van der Waals surface area contributed by atoms with Crippen LogP contribution in [-0.2, 0) is 24.0 Å². The lowest BCUT2D eigenvalue weighted by molar-refractivity contribution is -0.137. The van der Waals surface area contributed by atoms with Gasteiger partial charge in [0.25, 0.3) is 0 Å². The highest BCUT2D eigenvalue weighted by molar-refractivity contribution is 6.34. The van der Waals surface area contributed by atoms with Crippen LogP contribution in [0, 0.1) is 23.2 Å². The second-order valence-electron chi connectivity index (χ2n) is 15.4. The number of methoxy groups -OCH3 is 2. The molecule has 3 aromatic carbocycles. The first kappa shape index (κ1) is 41.2. The second-order valence-corrected chi connectivity index (χ2v) is 15.8. The number of nitrogens with zero attached hydrogens (tertiary/aromatic N) is 7. The maximum atomic E-state index is 17.1. The lowest BCUT2D eigenvalue weighted by Crippen LogP contribution is -2.57. The Hall–Kier alpha value is -5.95. The molecule has 0 saturated carbocycles. The highest BCUT2D eigenvalue weighted by Crippen LogP contribution is 2.46. The molecule has 2 fully saturated rings. The average molecular weight is 836 g/mol. The first-order valence-corrected chi connectivity index (χ1v) is 19.0. The van der Waals surface area contributed by atoms with Gasteiger partial charge >= 0.3 is 18.3 Å². The fourth-order valence-electron chi connectivity index (χ4n) is 7.67. The van der Waals surface area contributed by atoms with E-state index in [1.54, 1.807) is 90.1 Å². The lowest BCUT2D eigenvalue weighted by atomic mass is 9.98. The van der Waals surface area contributed by atoms with E-state index in [4.69, 9.17) is 25.8 Å². The summed E-state index contributed by atoms with van der Waals surface area (Å²) in [5, 5.41) is 9.62. The summed E-state index contributed by atoms with van der Waals surface area (Å²) in [4.78, 5) is 30.2. The van der Waals surface area contributed by atoms with E-state index in [-0.39, 0.29) is 55.3 Å². The molecule has 2 atom stereocenters. The number of hydrogen-bond acceptors (Lipinski definition) is 10. The summed E-state index contributed by atoms with van der Waals surface area (Å²) in [5.41, 5.74) is -4.09. The number of carbonyl (C=O) groups is 1. The number of aromatic nitrogens is 3. The van der Waals surface area contributed by atoms with Gasteiger partial charge in [-0.05, 0) is 81.1 Å². The molecule has 2 aliphatic rings. The molecule has 308 valence electrons. The van der Waals surface area contributed by atoms with Crippen LogP contribution in [0.5, 0.6) is 11.5 Å². The minimum atomic E-state index is -5.21. The molecule has 17 heteroatoms. The Bertz CT molecular complexity index is 2380. The predicted octanol–water partition coefficient (Wildman–Crippen LogP) is 9.33. The van der Waals surface area contributed by atoms with Gasteiger partial charge in [-0.2, -0.15) is 32.8 Å². The van der Waals surface area contributed by atoms with Gasteiger partial charge in [-0.1, -0.05) is 35.9 Å². The minimum absolute atomic E-state index is 0.0405. The minimum Gasteiger partial charge on any atom is -0.497 e. The molecule has 2 unspecified atom stereocenters. The number of ether oxygens (including phenoxy) is 3. The molecule has 2 aromatic heterocycles. The van der Waals surface area contributed by atoms with E-state index in [0.717, 1.165) is 17.2 Å². The van der Waals surface area contributed by atoms with Gasteiger partial charge in [0.15, 0.2) is 5.82 Å². The van der Waals surface area contributed by atoms with E-state index in [9.17, 15) is 10.1 Å². The first-order valence-electron chi connectivity index (χ1n) is 18.6. The van der Waals surface area contributed by atoms with E-state index >= 15 is 22.0 Å². The third kappa shape index (κ3) is 8.47. The smallest absolute Gasteiger partial charge is 0.419 e. The van der Waals surface area contributed by atoms with Crippen LogP contribution in [-0.4, -0.2) is 70.9 Å². The van der Waals surface area contributed by atoms with Gasteiger partial charge in [0, 0.05) is 31.6 Å². The van der Waals surface area contributed by atoms with Crippen molar-refractivity contribution in [3.05, 3.63) is 99.8 Å². The van der Waals surface area contributed by atoms with Gasteiger partial charge in [0.05, 0.1) is 59.8 Å². The van der Waals surface area contributed by atoms with Crippen LogP contribution in [0.15, 0.2) is 60.7 Å². The number of piperazine rings is 1. The maximum absolute atomic E-state index is 17.1. The van der Waals surface area contributed by atoms with E-state index in [0.29, 0.717) is 24.3 Å². The Morgan fingerprint density at radius 2 is 1.46 bits per heavy atom. The first-order chi connectivity index (χ1) is 28.0. The molecule has 0 N–H and O–H groups in total. The molecule has 59 heavy (non-hydrogen) atoms. The van der Waals surface area contributed by atoms with E-state index in [2.05, 4.69) is 15.0 Å². The van der Waals surface area contributed by atoms with Crippen molar-refractivity contribution in [2.75, 3.05) is 37.1 Å². The third-order valence-corrected chi connectivity index (χ3v) is 10.6. The van der Waals surface area contributed by atoms with E-state index in [1.165, 1.54) is 20.3 Å². The van der Waals surface area contributed by atoms with Gasteiger partial charge in [0.2, 0.25) is 0 Å². The summed E-state index contributed by atoms with van der Waals surface area (Å²) in [6.07, 6.45) is -5.77. The molecule has 5 aromatic rings. The standard InChI is InChI=1S/C42H39ClF5N7O4/c1-41(2,3)59-40(56)55-26-10-11-27(55)22-54(21-26)38-30-17-31(43)33(35(44)36(30)51-39(45)52-38)37-34(42(46,47)48)25(18-49)16-32(50-37)53(19-23-6-12-28(57-4)13-7-23)20-24-8-14-29(58-5)15-9-24/h6-9,12-17,26-27H,10-11,19-22H2,1-5H3. The number of pyridine rings is 1. The van der Waals surface area contributed by atoms with Crippen molar-refractivity contribution in [3.8, 4) is 28.8 Å². The number of rotatable bonds is 9. The zero-order chi connectivity index (χ0) is 42.4. The highest BCUT2D eigenvalue weighted by atomic mass is 35.5. The number of amides is 1. The van der Waals surface area contributed by atoms with Crippen LogP contribution in [0.1, 0.15) is 55.9 Å². The van der Waals surface area contributed by atoms with Crippen LogP contribution in [0.2, 0.25) is 5.02 Å². The van der Waals surface area contributed by atoms with Gasteiger partial charge in [-0.25, -0.2) is 14.2 Å². The molecule has 0 aliphatic carbocycles.